The van der Waals surface area contributed by atoms with Gasteiger partial charge in [-0.05, 0) is 76.4 Å². The molecule has 21 heteroatoms. The van der Waals surface area contributed by atoms with Crippen LogP contribution < -0.4 is 11.4 Å². The molecular weight excluding hydrogens is 985 g/mol. The number of aliphatic hydroxyl groups is 2. The van der Waals surface area contributed by atoms with Gasteiger partial charge in [-0.15, -0.1) is 0 Å². The van der Waals surface area contributed by atoms with E-state index in [-0.39, 0.29) is 37.3 Å². The van der Waals surface area contributed by atoms with Gasteiger partial charge in [-0.2, -0.15) is 9.29 Å². The number of carbonyl (C=O) groups is 3. The molecule has 1 aromatic heterocycles. The Hall–Kier alpha value is -3.87. The summed E-state index contributed by atoms with van der Waals surface area (Å²) in [6, 6.07) is 1.23. The highest BCUT2D eigenvalue weighted by Crippen LogP contribution is 2.60. The summed E-state index contributed by atoms with van der Waals surface area (Å²) in [7, 11) is -10.9. The van der Waals surface area contributed by atoms with Crippen LogP contribution in [0.4, 0.5) is 5.82 Å². The molecule has 2 heterocycles. The minimum absolute atomic E-state index is 0.00664. The smallest absolute Gasteiger partial charge is 0.462 e. The number of nitrogens with zero attached hydrogens (tertiary/aromatic N) is 2. The first-order chi connectivity index (χ1) is 35.1. The van der Waals surface area contributed by atoms with Crippen molar-refractivity contribution in [1.29, 1.82) is 0 Å². The normalized spacial score (nSPS) is 19.4. The summed E-state index contributed by atoms with van der Waals surface area (Å²) in [5.41, 5.74) is 4.57. The van der Waals surface area contributed by atoms with Crippen molar-refractivity contribution in [3.63, 3.8) is 0 Å². The lowest BCUT2D eigenvalue weighted by atomic mass is 10.1. The van der Waals surface area contributed by atoms with Crippen molar-refractivity contribution in [2.24, 2.45) is 0 Å². The number of aromatic nitrogens is 2. The van der Waals surface area contributed by atoms with E-state index >= 15 is 0 Å². The first-order valence-corrected chi connectivity index (χ1v) is 29.2. The van der Waals surface area contributed by atoms with Crippen LogP contribution in [-0.2, 0) is 51.1 Å². The summed E-state index contributed by atoms with van der Waals surface area (Å²) in [5.74, 6) is -1.77. The number of aliphatic hydroxyl groups excluding tert-OH is 2. The molecule has 0 amide bonds. The van der Waals surface area contributed by atoms with Gasteiger partial charge in [0.15, 0.2) is 18.1 Å². The van der Waals surface area contributed by atoms with Crippen LogP contribution >= 0.6 is 15.6 Å². The Morgan fingerprint density at radius 2 is 1.25 bits per heavy atom. The average Bonchev–Trinajstić information content (AvgIpc) is 3.62. The summed E-state index contributed by atoms with van der Waals surface area (Å²) in [6.07, 6.45) is 35.9. The van der Waals surface area contributed by atoms with Crippen molar-refractivity contribution in [1.82, 2.24) is 9.55 Å². The SMILES string of the molecule is CCCCC/C=C\C/C=C\C/C=C\C=C\C(=O)CCCC(=O)OC[C@H](COP(=O)(O)OP(=O)(O)OC[C@H]1O[C@@H](n2ccc(N)nc2=O)[C@H](O)[C@@H]1O)OC(=O)CCCCCCCCC/C=C\CCCCCCCC. The Morgan fingerprint density at radius 1 is 0.699 bits per heavy atom. The summed E-state index contributed by atoms with van der Waals surface area (Å²) in [5, 5.41) is 20.9. The lowest BCUT2D eigenvalue weighted by Gasteiger charge is -2.21. The van der Waals surface area contributed by atoms with Gasteiger partial charge in [-0.3, -0.25) is 28.0 Å². The molecule has 0 bridgehead atoms. The van der Waals surface area contributed by atoms with Crippen molar-refractivity contribution in [2.75, 3.05) is 25.6 Å². The molecule has 1 aromatic rings. The van der Waals surface area contributed by atoms with Crippen molar-refractivity contribution in [3.8, 4) is 0 Å². The minimum atomic E-state index is -5.48. The quantitative estimate of drug-likeness (QED) is 0.0101. The number of nitrogens with two attached hydrogens (primary N) is 1. The third-order valence-corrected chi connectivity index (χ3v) is 14.2. The number of phosphoric ester groups is 2. The largest absolute Gasteiger partial charge is 0.481 e. The first-order valence-electron chi connectivity index (χ1n) is 26.3. The number of esters is 2. The fourth-order valence-corrected chi connectivity index (χ4v) is 9.55. The predicted octanol–water partition coefficient (Wildman–Crippen LogP) is 10.3. The van der Waals surface area contributed by atoms with Crippen molar-refractivity contribution in [2.45, 2.75) is 205 Å². The van der Waals surface area contributed by atoms with Gasteiger partial charge in [0, 0.05) is 25.5 Å². The van der Waals surface area contributed by atoms with Crippen LogP contribution in [-0.4, -0.2) is 91.5 Å². The highest BCUT2D eigenvalue weighted by molar-refractivity contribution is 7.61. The third-order valence-electron chi connectivity index (χ3n) is 11.6. The lowest BCUT2D eigenvalue weighted by molar-refractivity contribution is -0.161. The molecule has 0 aliphatic carbocycles. The topological polar surface area (TPSA) is 283 Å². The number of allylic oxidation sites excluding steroid dienone is 10. The van der Waals surface area contributed by atoms with Crippen LogP contribution in [0, 0.1) is 0 Å². The zero-order valence-electron chi connectivity index (χ0n) is 43.2. The van der Waals surface area contributed by atoms with E-state index in [1.54, 1.807) is 12.2 Å². The Labute approximate surface area is 432 Å². The molecule has 19 nitrogen and oxygen atoms in total. The monoisotopic (exact) mass is 1070 g/mol. The number of nitrogen functional groups attached to an aromatic ring is 1. The first kappa shape index (κ1) is 65.2. The van der Waals surface area contributed by atoms with Crippen molar-refractivity contribution >= 4 is 39.2 Å². The molecule has 7 atom stereocenters. The highest BCUT2D eigenvalue weighted by atomic mass is 31.3. The number of rotatable bonds is 43. The van der Waals surface area contributed by atoms with Gasteiger partial charge in [0.2, 0.25) is 0 Å². The molecule has 1 aliphatic rings. The minimum Gasteiger partial charge on any atom is -0.462 e. The summed E-state index contributed by atoms with van der Waals surface area (Å²) < 4.78 is 56.6. The zero-order chi connectivity index (χ0) is 53.6. The average molecular weight is 1070 g/mol. The van der Waals surface area contributed by atoms with E-state index in [2.05, 4.69) is 53.5 Å². The van der Waals surface area contributed by atoms with Gasteiger partial charge in [0.05, 0.1) is 13.2 Å². The van der Waals surface area contributed by atoms with Gasteiger partial charge in [0.1, 0.15) is 30.7 Å². The molecule has 0 aromatic carbocycles. The number of carbonyl (C=O) groups excluding carboxylic acids is 3. The molecule has 2 rings (SSSR count). The molecule has 0 spiro atoms. The summed E-state index contributed by atoms with van der Waals surface area (Å²) in [6.45, 7) is 1.89. The second-order valence-electron chi connectivity index (χ2n) is 18.1. The molecule has 73 heavy (non-hydrogen) atoms. The molecule has 414 valence electrons. The Balaban J connectivity index is 1.84. The number of phosphoric acid groups is 2. The second kappa shape index (κ2) is 39.5. The molecule has 1 fully saturated rings. The zero-order valence-corrected chi connectivity index (χ0v) is 45.0. The van der Waals surface area contributed by atoms with Crippen LogP contribution in [0.3, 0.4) is 0 Å². The molecule has 0 radical (unpaired) electrons. The number of ketones is 1. The van der Waals surface area contributed by atoms with E-state index in [9.17, 15) is 48.3 Å². The van der Waals surface area contributed by atoms with E-state index in [4.69, 9.17) is 29.0 Å². The van der Waals surface area contributed by atoms with E-state index in [0.717, 1.165) is 81.4 Å². The van der Waals surface area contributed by atoms with Gasteiger partial charge in [-0.1, -0.05) is 146 Å². The number of ether oxygens (including phenoxy) is 3. The number of hydrogen-bond acceptors (Lipinski definition) is 16. The maximum atomic E-state index is 12.9. The van der Waals surface area contributed by atoms with Gasteiger partial charge in [-0.25, -0.2) is 13.9 Å². The van der Waals surface area contributed by atoms with E-state index in [1.165, 1.54) is 69.9 Å². The number of anilines is 1. The van der Waals surface area contributed by atoms with Crippen molar-refractivity contribution in [3.05, 3.63) is 83.5 Å². The summed E-state index contributed by atoms with van der Waals surface area (Å²) >= 11 is 0. The van der Waals surface area contributed by atoms with Gasteiger partial charge in [0.25, 0.3) is 0 Å². The van der Waals surface area contributed by atoms with Crippen LogP contribution in [0.25, 0.3) is 0 Å². The second-order valence-corrected chi connectivity index (χ2v) is 21.1. The lowest BCUT2D eigenvalue weighted by Crippen LogP contribution is -2.36. The molecular formula is C52H85N3O16P2. The van der Waals surface area contributed by atoms with Gasteiger partial charge < -0.3 is 39.9 Å². The molecule has 6 N–H and O–H groups in total. The molecule has 0 saturated carbocycles. The molecule has 1 saturated heterocycles. The highest BCUT2D eigenvalue weighted by Gasteiger charge is 2.46. The maximum absolute atomic E-state index is 12.9. The van der Waals surface area contributed by atoms with Crippen LogP contribution in [0.1, 0.15) is 181 Å². The van der Waals surface area contributed by atoms with Crippen LogP contribution in [0.15, 0.2) is 77.8 Å². The molecule has 2 unspecified atom stereocenters. The maximum Gasteiger partial charge on any atom is 0.481 e. The van der Waals surface area contributed by atoms with E-state index in [1.807, 2.05) is 12.2 Å². The van der Waals surface area contributed by atoms with E-state index in [0.29, 0.717) is 6.42 Å². The fraction of sp³-hybridized carbons (Fsp3) is 0.673. The predicted molar refractivity (Wildman–Crippen MR) is 280 cm³/mol. The van der Waals surface area contributed by atoms with E-state index < -0.39 is 83.7 Å². The standard InChI is InChI=1S/C52H85N3O16P2/c1-3-5-7-9-11-13-15-17-18-19-20-22-24-26-28-30-32-36-48(58)69-44(40-66-47(57)37-33-35-43(56)34-31-29-27-25-23-21-16-14-12-10-8-6-4-2)41-67-72(62,63)71-73(64,65)68-42-45-49(59)50(60)51(70-45)55-39-38-46(53)54-52(55)61/h12,14,17-18,21,23,27,29,31,34,38-39,44-45,49-51,59-60H,3-11,13,15-16,19-20,22,24-26,28,30,32-33,35-37,40-42H2,1-2H3,(H,62,63)(H,64,65)(H2,53,54,61)/b14-12-,18-17-,23-21-,29-27-,34-31+/t44-,45-,49-,50-,51-/m1/s1. The number of hydrogen-bond donors (Lipinski definition) is 5. The molecule has 1 aliphatic heterocycles. The van der Waals surface area contributed by atoms with Gasteiger partial charge >= 0.3 is 33.3 Å². The Morgan fingerprint density at radius 3 is 1.90 bits per heavy atom. The van der Waals surface area contributed by atoms with Crippen molar-refractivity contribution < 1.29 is 71.1 Å². The van der Waals surface area contributed by atoms with Crippen LogP contribution in [0.5, 0.6) is 0 Å². The number of unbranched alkanes of at least 4 members (excludes halogenated alkanes) is 16. The Bertz CT molecular complexity index is 2020. The van der Waals surface area contributed by atoms with Crippen LogP contribution in [0.2, 0.25) is 0 Å². The fourth-order valence-electron chi connectivity index (χ4n) is 7.44. The summed E-state index contributed by atoms with van der Waals surface area (Å²) in [4.78, 5) is 74.3. The Kier molecular flexibility index (Phi) is 35.3. The third kappa shape index (κ3) is 32.2.